The van der Waals surface area contributed by atoms with Crippen LogP contribution in [0.1, 0.15) is 25.8 Å². The first-order chi connectivity index (χ1) is 7.48. The lowest BCUT2D eigenvalue weighted by Crippen LogP contribution is -2.31. The predicted octanol–water partition coefficient (Wildman–Crippen LogP) is 2.45. The summed E-state index contributed by atoms with van der Waals surface area (Å²) in [6.07, 6.45) is 0.658. The van der Waals surface area contributed by atoms with Crippen molar-refractivity contribution in [2.24, 2.45) is 5.73 Å². The van der Waals surface area contributed by atoms with Gasteiger partial charge in [-0.05, 0) is 47.0 Å². The molecule has 0 heterocycles. The van der Waals surface area contributed by atoms with E-state index in [1.165, 1.54) is 0 Å². The summed E-state index contributed by atoms with van der Waals surface area (Å²) in [7, 11) is 0. The fourth-order valence-corrected chi connectivity index (χ4v) is 1.66. The van der Waals surface area contributed by atoms with Gasteiger partial charge in [0.05, 0.1) is 10.1 Å². The normalized spacial score (nSPS) is 14.6. The molecule has 0 radical (unpaired) electrons. The van der Waals surface area contributed by atoms with Crippen molar-refractivity contribution in [2.75, 3.05) is 6.61 Å². The maximum Gasteiger partial charge on any atom is 0.133 e. The van der Waals surface area contributed by atoms with Crippen molar-refractivity contribution in [1.82, 2.24) is 0 Å². The van der Waals surface area contributed by atoms with E-state index in [1.54, 1.807) is 6.92 Å². The summed E-state index contributed by atoms with van der Waals surface area (Å²) in [5.74, 6) is 0.728. The number of hydrogen-bond donors (Lipinski definition) is 2. The van der Waals surface area contributed by atoms with Crippen LogP contribution in [-0.2, 0) is 6.54 Å². The van der Waals surface area contributed by atoms with Gasteiger partial charge in [-0.15, -0.1) is 0 Å². The third-order valence-corrected chi connectivity index (χ3v) is 3.15. The Morgan fingerprint density at radius 1 is 1.50 bits per heavy atom. The van der Waals surface area contributed by atoms with E-state index in [0.717, 1.165) is 15.8 Å². The third kappa shape index (κ3) is 3.77. The highest BCUT2D eigenvalue weighted by atomic mass is 79.9. The number of benzene rings is 1. The molecule has 0 aliphatic rings. The van der Waals surface area contributed by atoms with Gasteiger partial charge in [0.2, 0.25) is 0 Å². The van der Waals surface area contributed by atoms with Crippen molar-refractivity contribution in [2.45, 2.75) is 32.4 Å². The van der Waals surface area contributed by atoms with E-state index in [0.29, 0.717) is 13.0 Å². The van der Waals surface area contributed by atoms with Crippen LogP contribution in [0.4, 0.5) is 0 Å². The van der Waals surface area contributed by atoms with Crippen molar-refractivity contribution in [3.8, 4) is 5.75 Å². The van der Waals surface area contributed by atoms with E-state index in [1.807, 2.05) is 25.1 Å². The molecule has 0 saturated carbocycles. The van der Waals surface area contributed by atoms with Crippen LogP contribution in [0.3, 0.4) is 0 Å². The number of rotatable bonds is 5. The highest BCUT2D eigenvalue weighted by molar-refractivity contribution is 9.10. The van der Waals surface area contributed by atoms with Crippen LogP contribution in [0.25, 0.3) is 0 Å². The molecule has 1 unspecified atom stereocenters. The van der Waals surface area contributed by atoms with Gasteiger partial charge in [-0.3, -0.25) is 0 Å². The minimum Gasteiger partial charge on any atom is -0.489 e. The monoisotopic (exact) mass is 287 g/mol. The third-order valence-electron chi connectivity index (χ3n) is 2.53. The number of nitrogens with two attached hydrogens (primary N) is 1. The van der Waals surface area contributed by atoms with Gasteiger partial charge in [0.15, 0.2) is 0 Å². The van der Waals surface area contributed by atoms with Gasteiger partial charge in [-0.2, -0.15) is 0 Å². The summed E-state index contributed by atoms with van der Waals surface area (Å²) < 4.78 is 6.42. The summed E-state index contributed by atoms with van der Waals surface area (Å²) in [6, 6.07) is 5.70. The van der Waals surface area contributed by atoms with Crippen LogP contribution in [0, 0.1) is 0 Å². The zero-order valence-corrected chi connectivity index (χ0v) is 11.3. The Balaban J connectivity index is 2.68. The molecule has 1 aromatic carbocycles. The summed E-state index contributed by atoms with van der Waals surface area (Å²) >= 11 is 3.42. The first-order valence-electron chi connectivity index (χ1n) is 5.32. The molecule has 0 fully saturated rings. The molecule has 0 aromatic heterocycles. The van der Waals surface area contributed by atoms with Gasteiger partial charge >= 0.3 is 0 Å². The number of halogens is 1. The molecule has 0 aliphatic heterocycles. The average Bonchev–Trinajstić information content (AvgIpc) is 2.27. The molecule has 0 amide bonds. The van der Waals surface area contributed by atoms with Crippen LogP contribution in [0.5, 0.6) is 5.75 Å². The van der Waals surface area contributed by atoms with Gasteiger partial charge in [-0.25, -0.2) is 0 Å². The van der Waals surface area contributed by atoms with Gasteiger partial charge in [0, 0.05) is 6.54 Å². The van der Waals surface area contributed by atoms with Gasteiger partial charge in [0.25, 0.3) is 0 Å². The molecule has 0 aliphatic carbocycles. The van der Waals surface area contributed by atoms with Gasteiger partial charge in [0.1, 0.15) is 12.4 Å². The Morgan fingerprint density at radius 3 is 2.69 bits per heavy atom. The molecule has 1 aromatic rings. The smallest absolute Gasteiger partial charge is 0.133 e. The SMILES string of the molecule is CCC(C)(O)COc1ccc(CN)cc1Br. The van der Waals surface area contributed by atoms with E-state index in [-0.39, 0.29) is 6.61 Å². The number of aliphatic hydroxyl groups is 1. The summed E-state index contributed by atoms with van der Waals surface area (Å²) in [5, 5.41) is 9.82. The fraction of sp³-hybridized carbons (Fsp3) is 0.500. The lowest BCUT2D eigenvalue weighted by atomic mass is 10.1. The standard InChI is InChI=1S/C12H18BrNO2/c1-3-12(2,15)8-16-11-5-4-9(7-14)6-10(11)13/h4-6,15H,3,7-8,14H2,1-2H3. The maximum absolute atomic E-state index is 9.82. The van der Waals surface area contributed by atoms with Crippen LogP contribution >= 0.6 is 15.9 Å². The Bertz CT molecular complexity index is 353. The molecule has 1 rings (SSSR count). The molecule has 3 N–H and O–H groups in total. The van der Waals surface area contributed by atoms with Crippen molar-refractivity contribution < 1.29 is 9.84 Å². The first-order valence-corrected chi connectivity index (χ1v) is 6.11. The molecule has 16 heavy (non-hydrogen) atoms. The Hall–Kier alpha value is -0.580. The van der Waals surface area contributed by atoms with E-state index in [2.05, 4.69) is 15.9 Å². The number of hydrogen-bond acceptors (Lipinski definition) is 3. The summed E-state index contributed by atoms with van der Waals surface area (Å²) in [4.78, 5) is 0. The highest BCUT2D eigenvalue weighted by Gasteiger charge is 2.18. The molecule has 0 spiro atoms. The lowest BCUT2D eigenvalue weighted by molar-refractivity contribution is 0.00823. The van der Waals surface area contributed by atoms with Gasteiger partial charge < -0.3 is 15.6 Å². The minimum atomic E-state index is -0.786. The minimum absolute atomic E-state index is 0.282. The fourth-order valence-electron chi connectivity index (χ4n) is 1.12. The Kier molecular flexibility index (Phi) is 4.77. The average molecular weight is 288 g/mol. The number of ether oxygens (including phenoxy) is 1. The van der Waals surface area contributed by atoms with Crippen molar-refractivity contribution in [3.63, 3.8) is 0 Å². The molecule has 4 heteroatoms. The summed E-state index contributed by atoms with van der Waals surface area (Å²) in [6.45, 7) is 4.47. The topological polar surface area (TPSA) is 55.5 Å². The maximum atomic E-state index is 9.82. The Labute approximate surface area is 105 Å². The van der Waals surface area contributed by atoms with E-state index < -0.39 is 5.60 Å². The largest absolute Gasteiger partial charge is 0.489 e. The predicted molar refractivity (Wildman–Crippen MR) is 68.4 cm³/mol. The van der Waals surface area contributed by atoms with E-state index in [9.17, 15) is 5.11 Å². The molecule has 0 bridgehead atoms. The zero-order valence-electron chi connectivity index (χ0n) is 9.66. The van der Waals surface area contributed by atoms with Crippen LogP contribution in [-0.4, -0.2) is 17.3 Å². The molecule has 90 valence electrons. The second-order valence-electron chi connectivity index (χ2n) is 4.11. The van der Waals surface area contributed by atoms with Crippen molar-refractivity contribution in [1.29, 1.82) is 0 Å². The summed E-state index contributed by atoms with van der Waals surface area (Å²) in [5.41, 5.74) is 5.79. The van der Waals surface area contributed by atoms with Crippen molar-refractivity contribution in [3.05, 3.63) is 28.2 Å². The molecule has 0 saturated heterocycles. The van der Waals surface area contributed by atoms with E-state index >= 15 is 0 Å². The second kappa shape index (κ2) is 5.66. The first kappa shape index (κ1) is 13.5. The van der Waals surface area contributed by atoms with Crippen LogP contribution in [0.15, 0.2) is 22.7 Å². The quantitative estimate of drug-likeness (QED) is 0.875. The zero-order chi connectivity index (χ0) is 12.2. The molecule has 3 nitrogen and oxygen atoms in total. The van der Waals surface area contributed by atoms with Crippen molar-refractivity contribution >= 4 is 15.9 Å². The molecule has 1 atom stereocenters. The Morgan fingerprint density at radius 2 is 2.19 bits per heavy atom. The van der Waals surface area contributed by atoms with Crippen LogP contribution < -0.4 is 10.5 Å². The highest BCUT2D eigenvalue weighted by Crippen LogP contribution is 2.27. The van der Waals surface area contributed by atoms with Crippen LogP contribution in [0.2, 0.25) is 0 Å². The second-order valence-corrected chi connectivity index (χ2v) is 4.96. The van der Waals surface area contributed by atoms with Gasteiger partial charge in [-0.1, -0.05) is 13.0 Å². The van der Waals surface area contributed by atoms with E-state index in [4.69, 9.17) is 10.5 Å². The lowest BCUT2D eigenvalue weighted by Gasteiger charge is -2.22. The molecular formula is C12H18BrNO2. The molecular weight excluding hydrogens is 270 g/mol.